The molecule has 0 spiro atoms. The molecule has 0 aliphatic heterocycles. The second-order valence-electron chi connectivity index (χ2n) is 5.64. The first-order valence-corrected chi connectivity index (χ1v) is 7.93. The third kappa shape index (κ3) is 4.06. The maximum absolute atomic E-state index is 12.5. The van der Waals surface area contributed by atoms with Gasteiger partial charge in [0.1, 0.15) is 5.69 Å². The summed E-state index contributed by atoms with van der Waals surface area (Å²) in [6.45, 7) is 11.2. The highest BCUT2D eigenvalue weighted by atomic mass is 16.2. The highest BCUT2D eigenvalue weighted by Gasteiger charge is 2.16. The molecule has 0 fully saturated rings. The van der Waals surface area contributed by atoms with Crippen molar-refractivity contribution in [3.05, 3.63) is 46.8 Å². The quantitative estimate of drug-likeness (QED) is 0.916. The van der Waals surface area contributed by atoms with Crippen LogP contribution in [0.3, 0.4) is 0 Å². The van der Waals surface area contributed by atoms with E-state index in [1.807, 2.05) is 40.7 Å². The molecule has 5 heteroatoms. The molecule has 1 aromatic carbocycles. The fraction of sp³-hybridized carbons (Fsp3) is 0.389. The molecule has 0 aliphatic rings. The van der Waals surface area contributed by atoms with Crippen LogP contribution >= 0.6 is 0 Å². The van der Waals surface area contributed by atoms with E-state index >= 15 is 0 Å². The van der Waals surface area contributed by atoms with E-state index in [-0.39, 0.29) is 5.91 Å². The van der Waals surface area contributed by atoms with Crippen molar-refractivity contribution in [2.75, 3.05) is 18.4 Å². The van der Waals surface area contributed by atoms with Crippen molar-refractivity contribution in [1.29, 1.82) is 0 Å². The van der Waals surface area contributed by atoms with Crippen molar-refractivity contribution in [2.45, 2.75) is 34.6 Å². The molecule has 0 saturated carbocycles. The summed E-state index contributed by atoms with van der Waals surface area (Å²) in [6.07, 6.45) is 0. The number of rotatable bonds is 5. The summed E-state index contributed by atoms with van der Waals surface area (Å²) in [7, 11) is 0. The number of amides is 1. The zero-order chi connectivity index (χ0) is 17.0. The Morgan fingerprint density at radius 2 is 1.78 bits per heavy atom. The van der Waals surface area contributed by atoms with Crippen molar-refractivity contribution in [2.24, 2.45) is 0 Å². The second-order valence-corrected chi connectivity index (χ2v) is 5.64. The molecule has 0 saturated heterocycles. The molecule has 1 heterocycles. The minimum Gasteiger partial charge on any atom is -0.338 e. The average molecular weight is 312 g/mol. The van der Waals surface area contributed by atoms with Gasteiger partial charge in [0.15, 0.2) is 0 Å². The van der Waals surface area contributed by atoms with Gasteiger partial charge in [0, 0.05) is 24.5 Å². The van der Waals surface area contributed by atoms with Crippen molar-refractivity contribution in [3.63, 3.8) is 0 Å². The van der Waals surface area contributed by atoms with E-state index in [4.69, 9.17) is 0 Å². The molecular weight excluding hydrogens is 288 g/mol. The minimum absolute atomic E-state index is 0.0653. The third-order valence-electron chi connectivity index (χ3n) is 3.76. The van der Waals surface area contributed by atoms with E-state index < -0.39 is 0 Å². The van der Waals surface area contributed by atoms with E-state index in [9.17, 15) is 4.79 Å². The van der Waals surface area contributed by atoms with E-state index in [0.29, 0.717) is 24.7 Å². The maximum atomic E-state index is 12.5. The highest BCUT2D eigenvalue weighted by molar-refractivity contribution is 5.92. The Bertz CT molecular complexity index is 708. The van der Waals surface area contributed by atoms with Crippen LogP contribution in [-0.4, -0.2) is 33.9 Å². The van der Waals surface area contributed by atoms with Crippen LogP contribution in [0, 0.1) is 20.8 Å². The van der Waals surface area contributed by atoms with Gasteiger partial charge in [-0.2, -0.15) is 0 Å². The van der Waals surface area contributed by atoms with E-state index in [1.165, 1.54) is 0 Å². The summed E-state index contributed by atoms with van der Waals surface area (Å²) >= 11 is 0. The van der Waals surface area contributed by atoms with Gasteiger partial charge in [-0.25, -0.2) is 9.97 Å². The number of carbonyl (C=O) groups excluding carboxylic acids is 1. The van der Waals surface area contributed by atoms with Crippen molar-refractivity contribution in [3.8, 4) is 0 Å². The first kappa shape index (κ1) is 16.9. The summed E-state index contributed by atoms with van der Waals surface area (Å²) in [5.74, 6) is 0.388. The lowest BCUT2D eigenvalue weighted by Gasteiger charge is -2.18. The molecule has 0 radical (unpaired) electrons. The molecule has 0 unspecified atom stereocenters. The lowest BCUT2D eigenvalue weighted by molar-refractivity contribution is 0.0767. The Morgan fingerprint density at radius 1 is 1.09 bits per heavy atom. The number of nitrogens with zero attached hydrogens (tertiary/aromatic N) is 3. The highest BCUT2D eigenvalue weighted by Crippen LogP contribution is 2.20. The Hall–Kier alpha value is -2.43. The van der Waals surface area contributed by atoms with Crippen LogP contribution in [0.4, 0.5) is 11.6 Å². The predicted molar refractivity (Wildman–Crippen MR) is 93.2 cm³/mol. The molecule has 5 nitrogen and oxygen atoms in total. The fourth-order valence-electron chi connectivity index (χ4n) is 2.40. The number of anilines is 2. The number of nitrogens with one attached hydrogen (secondary N) is 1. The Kier molecular flexibility index (Phi) is 5.32. The molecule has 0 bridgehead atoms. The molecule has 2 aromatic rings. The van der Waals surface area contributed by atoms with E-state index in [0.717, 1.165) is 22.5 Å². The molecular formula is C18H24N4O. The van der Waals surface area contributed by atoms with Crippen LogP contribution < -0.4 is 5.32 Å². The Balaban J connectivity index is 2.34. The SMILES string of the molecule is CCN(CC)C(=O)c1cc(C)nc(Nc2cc(C)ccc2C)n1. The normalized spacial score (nSPS) is 10.5. The van der Waals surface area contributed by atoms with Gasteiger partial charge in [-0.05, 0) is 57.9 Å². The van der Waals surface area contributed by atoms with Crippen LogP contribution in [-0.2, 0) is 0 Å². The van der Waals surface area contributed by atoms with Crippen molar-refractivity contribution >= 4 is 17.5 Å². The summed E-state index contributed by atoms with van der Waals surface area (Å²) in [5.41, 5.74) is 4.41. The van der Waals surface area contributed by atoms with Gasteiger partial charge >= 0.3 is 0 Å². The van der Waals surface area contributed by atoms with E-state index in [1.54, 1.807) is 11.0 Å². The molecule has 2 rings (SSSR count). The molecule has 1 aromatic heterocycles. The largest absolute Gasteiger partial charge is 0.338 e. The molecule has 23 heavy (non-hydrogen) atoms. The summed E-state index contributed by atoms with van der Waals surface area (Å²) in [4.78, 5) is 23.0. The molecule has 1 amide bonds. The van der Waals surface area contributed by atoms with E-state index in [2.05, 4.69) is 27.4 Å². The predicted octanol–water partition coefficient (Wildman–Crippen LogP) is 3.63. The number of hydrogen-bond donors (Lipinski definition) is 1. The van der Waals surface area contributed by atoms with Gasteiger partial charge in [-0.3, -0.25) is 4.79 Å². The number of carbonyl (C=O) groups is 1. The van der Waals surface area contributed by atoms with Crippen LogP contribution in [0.25, 0.3) is 0 Å². The first-order chi connectivity index (χ1) is 10.9. The number of aromatic nitrogens is 2. The molecule has 0 atom stereocenters. The fourth-order valence-corrected chi connectivity index (χ4v) is 2.40. The average Bonchev–Trinajstić information content (AvgIpc) is 2.51. The third-order valence-corrected chi connectivity index (χ3v) is 3.76. The topological polar surface area (TPSA) is 58.1 Å². The van der Waals surface area contributed by atoms with Crippen LogP contribution in [0.5, 0.6) is 0 Å². The van der Waals surface area contributed by atoms with Crippen LogP contribution in [0.15, 0.2) is 24.3 Å². The summed E-state index contributed by atoms with van der Waals surface area (Å²) < 4.78 is 0. The lowest BCUT2D eigenvalue weighted by Crippen LogP contribution is -2.31. The van der Waals surface area contributed by atoms with Crippen LogP contribution in [0.2, 0.25) is 0 Å². The standard InChI is InChI=1S/C18H24N4O/c1-6-22(7-2)17(23)16-11-14(5)19-18(21-16)20-15-10-12(3)8-9-13(15)4/h8-11H,6-7H2,1-5H3,(H,19,20,21). The Morgan fingerprint density at radius 3 is 2.43 bits per heavy atom. The zero-order valence-corrected chi connectivity index (χ0v) is 14.5. The lowest BCUT2D eigenvalue weighted by atomic mass is 10.1. The van der Waals surface area contributed by atoms with Crippen molar-refractivity contribution in [1.82, 2.24) is 14.9 Å². The van der Waals surface area contributed by atoms with Crippen molar-refractivity contribution < 1.29 is 4.79 Å². The van der Waals surface area contributed by atoms with Gasteiger partial charge in [0.25, 0.3) is 5.91 Å². The number of aryl methyl sites for hydroxylation is 3. The molecule has 1 N–H and O–H groups in total. The monoisotopic (exact) mass is 312 g/mol. The van der Waals surface area contributed by atoms with Gasteiger partial charge < -0.3 is 10.2 Å². The molecule has 0 aliphatic carbocycles. The molecule has 122 valence electrons. The van der Waals surface area contributed by atoms with Gasteiger partial charge in [-0.15, -0.1) is 0 Å². The minimum atomic E-state index is -0.0653. The van der Waals surface area contributed by atoms with Gasteiger partial charge in [0.2, 0.25) is 5.95 Å². The summed E-state index contributed by atoms with van der Waals surface area (Å²) in [6, 6.07) is 7.89. The van der Waals surface area contributed by atoms with Gasteiger partial charge in [-0.1, -0.05) is 12.1 Å². The van der Waals surface area contributed by atoms with Gasteiger partial charge in [0.05, 0.1) is 0 Å². The van der Waals surface area contributed by atoms with Crippen LogP contribution in [0.1, 0.15) is 41.2 Å². The number of benzene rings is 1. The zero-order valence-electron chi connectivity index (χ0n) is 14.5. The second kappa shape index (κ2) is 7.22. The summed E-state index contributed by atoms with van der Waals surface area (Å²) in [5, 5.41) is 3.23. The Labute approximate surface area is 137 Å². The first-order valence-electron chi connectivity index (χ1n) is 7.93. The maximum Gasteiger partial charge on any atom is 0.272 e. The number of hydrogen-bond acceptors (Lipinski definition) is 4. The smallest absolute Gasteiger partial charge is 0.272 e.